The first-order valence-corrected chi connectivity index (χ1v) is 9.79. The molecule has 0 spiro atoms. The molecule has 3 nitrogen and oxygen atoms in total. The molecule has 0 radical (unpaired) electrons. The topological polar surface area (TPSA) is 23.6 Å². The predicted octanol–water partition coefficient (Wildman–Crippen LogP) is 4.86. The molecule has 128 valence electrons. The van der Waals surface area contributed by atoms with Crippen LogP contribution in [0.2, 0.25) is 0 Å². The molecular weight excluding hydrogens is 368 g/mol. The van der Waals surface area contributed by atoms with E-state index in [-0.39, 0.29) is 5.91 Å². The second-order valence-electron chi connectivity index (χ2n) is 5.67. The summed E-state index contributed by atoms with van der Waals surface area (Å²) in [6.07, 6.45) is 11.6. The smallest absolute Gasteiger partial charge is 0.265 e. The number of hydrogen-bond acceptors (Lipinski definition) is 5. The summed E-state index contributed by atoms with van der Waals surface area (Å²) < 4.78 is 0.598. The van der Waals surface area contributed by atoms with Gasteiger partial charge in [0.15, 0.2) is 0 Å². The molecular formula is C19H18N2OS3. The fourth-order valence-electron chi connectivity index (χ4n) is 2.39. The summed E-state index contributed by atoms with van der Waals surface area (Å²) >= 11 is 8.20. The van der Waals surface area contributed by atoms with Gasteiger partial charge in [-0.1, -0.05) is 66.1 Å². The van der Waals surface area contributed by atoms with E-state index in [1.165, 1.54) is 37.8 Å². The molecule has 1 fully saturated rings. The summed E-state index contributed by atoms with van der Waals surface area (Å²) in [5, 5.41) is 1.19. The van der Waals surface area contributed by atoms with E-state index in [2.05, 4.69) is 43.1 Å². The fraction of sp³-hybridized carbons (Fsp3) is 0.158. The first kappa shape index (κ1) is 18.0. The molecule has 2 heterocycles. The average Bonchev–Trinajstić information content (AvgIpc) is 3.03. The molecule has 0 bridgehead atoms. The number of rotatable bonds is 3. The molecule has 1 saturated heterocycles. The minimum absolute atomic E-state index is 0.0391. The van der Waals surface area contributed by atoms with Crippen LogP contribution in [-0.2, 0) is 4.79 Å². The number of amides is 1. The van der Waals surface area contributed by atoms with Crippen molar-refractivity contribution < 1.29 is 4.79 Å². The Hall–Kier alpha value is -1.76. The lowest BCUT2D eigenvalue weighted by molar-refractivity contribution is -0.121. The van der Waals surface area contributed by atoms with Gasteiger partial charge in [0.05, 0.1) is 15.6 Å². The molecule has 1 aromatic rings. The van der Waals surface area contributed by atoms with Crippen molar-refractivity contribution in [2.24, 2.45) is 0 Å². The van der Waals surface area contributed by atoms with Gasteiger partial charge < -0.3 is 4.90 Å². The normalized spacial score (nSPS) is 20.9. The van der Waals surface area contributed by atoms with E-state index in [0.29, 0.717) is 9.23 Å². The number of nitrogens with zero attached hydrogens (tertiary/aromatic N) is 2. The van der Waals surface area contributed by atoms with Gasteiger partial charge in [0.2, 0.25) is 0 Å². The van der Waals surface area contributed by atoms with Crippen molar-refractivity contribution in [2.45, 2.75) is 11.8 Å². The molecule has 0 N–H and O–H groups in total. The van der Waals surface area contributed by atoms with Crippen LogP contribution in [0, 0.1) is 6.92 Å². The summed E-state index contributed by atoms with van der Waals surface area (Å²) in [4.78, 5) is 17.5. The van der Waals surface area contributed by atoms with E-state index >= 15 is 0 Å². The van der Waals surface area contributed by atoms with E-state index in [9.17, 15) is 4.79 Å². The van der Waals surface area contributed by atoms with E-state index in [1.807, 2.05) is 24.3 Å². The Bertz CT molecular complexity index is 852. The average molecular weight is 387 g/mol. The fourth-order valence-corrected chi connectivity index (χ4v) is 4.57. The summed E-state index contributed by atoms with van der Waals surface area (Å²) in [5.74, 6) is -0.0391. The van der Waals surface area contributed by atoms with Gasteiger partial charge >= 0.3 is 0 Å². The number of thioether (sulfide) groups is 2. The summed E-state index contributed by atoms with van der Waals surface area (Å²) in [7, 11) is 3.78. The number of carbonyl (C=O) groups excluding carboxylic acids is 1. The molecule has 0 saturated carbocycles. The molecule has 0 aliphatic carbocycles. The van der Waals surface area contributed by atoms with Crippen molar-refractivity contribution in [2.75, 3.05) is 19.0 Å². The van der Waals surface area contributed by atoms with Crippen LogP contribution in [0.4, 0.5) is 5.69 Å². The van der Waals surface area contributed by atoms with Crippen LogP contribution in [0.25, 0.3) is 0 Å². The zero-order valence-electron chi connectivity index (χ0n) is 14.2. The number of thiocarbonyl (C=S) groups is 1. The number of hydrogen-bond donors (Lipinski definition) is 0. The Labute approximate surface area is 162 Å². The lowest BCUT2D eigenvalue weighted by Crippen LogP contribution is -2.22. The molecule has 0 unspecified atom stereocenters. The minimum atomic E-state index is -0.0391. The maximum absolute atomic E-state index is 11.9. The molecule has 3 rings (SSSR count). The predicted molar refractivity (Wildman–Crippen MR) is 113 cm³/mol. The minimum Gasteiger partial charge on any atom is -0.338 e. The van der Waals surface area contributed by atoms with Crippen LogP contribution < -0.4 is 4.90 Å². The molecule has 25 heavy (non-hydrogen) atoms. The molecule has 2 aliphatic rings. The van der Waals surface area contributed by atoms with Gasteiger partial charge in [-0.25, -0.2) is 0 Å². The number of fused-ring (bicyclic) bond motifs is 1. The largest absolute Gasteiger partial charge is 0.338 e. The quantitative estimate of drug-likeness (QED) is 0.419. The standard InChI is InChI=1S/C19H18N2OS3/c1-13-10-11-15-14(12-13)20(2)17(24-15)9-7-5-4-6-8-16-18(22)21(3)19(23)25-16/h4-12H,1-3H3/b6-4+,7-5+,16-8+,17-9-. The Balaban J connectivity index is 1.62. The second-order valence-corrected chi connectivity index (χ2v) is 8.41. The van der Waals surface area contributed by atoms with Crippen molar-refractivity contribution >= 4 is 51.7 Å². The third-order valence-corrected chi connectivity index (χ3v) is 6.51. The van der Waals surface area contributed by atoms with Gasteiger partial charge in [-0.05, 0) is 36.8 Å². The van der Waals surface area contributed by atoms with Crippen molar-refractivity contribution in [3.05, 3.63) is 70.2 Å². The number of benzene rings is 1. The van der Waals surface area contributed by atoms with Crippen LogP contribution >= 0.6 is 35.7 Å². The summed E-state index contributed by atoms with van der Waals surface area (Å²) in [5.41, 5.74) is 2.52. The summed E-state index contributed by atoms with van der Waals surface area (Å²) in [6.45, 7) is 2.11. The van der Waals surface area contributed by atoms with Gasteiger partial charge in [-0.2, -0.15) is 0 Å². The maximum atomic E-state index is 11.9. The highest BCUT2D eigenvalue weighted by Gasteiger charge is 2.27. The Morgan fingerprint density at radius 3 is 2.40 bits per heavy atom. The van der Waals surface area contributed by atoms with Gasteiger partial charge in [-0.3, -0.25) is 9.69 Å². The van der Waals surface area contributed by atoms with E-state index in [1.54, 1.807) is 24.9 Å². The number of anilines is 1. The molecule has 1 aromatic carbocycles. The number of carbonyl (C=O) groups is 1. The Morgan fingerprint density at radius 1 is 1.00 bits per heavy atom. The van der Waals surface area contributed by atoms with Gasteiger partial charge in [0.1, 0.15) is 4.32 Å². The number of allylic oxidation sites excluding steroid dienone is 6. The molecule has 0 aromatic heterocycles. The highest BCUT2D eigenvalue weighted by atomic mass is 32.2. The first-order chi connectivity index (χ1) is 12.0. The number of likely N-dealkylation sites (N-methyl/N-ethyl adjacent to an activating group) is 1. The van der Waals surface area contributed by atoms with Crippen molar-refractivity contribution in [1.29, 1.82) is 0 Å². The maximum Gasteiger partial charge on any atom is 0.265 e. The van der Waals surface area contributed by atoms with Gasteiger partial charge in [-0.15, -0.1) is 0 Å². The van der Waals surface area contributed by atoms with Crippen LogP contribution in [0.3, 0.4) is 0 Å². The van der Waals surface area contributed by atoms with Crippen LogP contribution in [-0.4, -0.2) is 29.2 Å². The van der Waals surface area contributed by atoms with Crippen LogP contribution in [0.1, 0.15) is 5.56 Å². The number of aryl methyl sites for hydroxylation is 1. The molecule has 1 amide bonds. The monoisotopic (exact) mass is 386 g/mol. The third-order valence-electron chi connectivity index (χ3n) is 3.83. The lowest BCUT2D eigenvalue weighted by Gasteiger charge is -2.13. The molecule has 0 atom stereocenters. The van der Waals surface area contributed by atoms with Gasteiger partial charge in [0, 0.05) is 19.0 Å². The van der Waals surface area contributed by atoms with Crippen molar-refractivity contribution in [3.63, 3.8) is 0 Å². The van der Waals surface area contributed by atoms with Crippen LogP contribution in [0.5, 0.6) is 0 Å². The zero-order valence-corrected chi connectivity index (χ0v) is 16.7. The first-order valence-electron chi connectivity index (χ1n) is 7.75. The third kappa shape index (κ3) is 3.92. The van der Waals surface area contributed by atoms with Gasteiger partial charge in [0.25, 0.3) is 5.91 Å². The second kappa shape index (κ2) is 7.64. The Kier molecular flexibility index (Phi) is 5.51. The molecule has 2 aliphatic heterocycles. The van der Waals surface area contributed by atoms with Crippen LogP contribution in [0.15, 0.2) is 69.5 Å². The lowest BCUT2D eigenvalue weighted by atomic mass is 10.2. The van der Waals surface area contributed by atoms with Crippen molar-refractivity contribution in [1.82, 2.24) is 4.90 Å². The van der Waals surface area contributed by atoms with E-state index in [4.69, 9.17) is 12.2 Å². The summed E-state index contributed by atoms with van der Waals surface area (Å²) in [6, 6.07) is 6.51. The highest BCUT2D eigenvalue weighted by Crippen LogP contribution is 2.45. The SMILES string of the molecule is Cc1ccc2c(c1)N(C)/C(=C/C=C/C=C/C=C1/SC(=S)N(C)C1=O)S2. The molecule has 6 heteroatoms. The Morgan fingerprint density at radius 2 is 1.72 bits per heavy atom. The van der Waals surface area contributed by atoms with E-state index in [0.717, 1.165) is 0 Å². The van der Waals surface area contributed by atoms with Crippen molar-refractivity contribution in [3.8, 4) is 0 Å². The highest BCUT2D eigenvalue weighted by molar-refractivity contribution is 8.26. The van der Waals surface area contributed by atoms with E-state index < -0.39 is 0 Å². The zero-order chi connectivity index (χ0) is 18.0.